The molecule has 3 rings (SSSR count). The highest BCUT2D eigenvalue weighted by Gasteiger charge is 2.38. The van der Waals surface area contributed by atoms with Gasteiger partial charge in [0, 0.05) is 17.6 Å². The standard InChI is InChI=1S/C14H18ClN/c15-13-4-2-1-3-12(13)9-16-14-8-10-5-6-11(14)7-10/h1-4,10-11,14,16H,5-9H2. The van der Waals surface area contributed by atoms with Gasteiger partial charge >= 0.3 is 0 Å². The number of hydrogen-bond donors (Lipinski definition) is 1. The highest BCUT2D eigenvalue weighted by Crippen LogP contribution is 2.44. The summed E-state index contributed by atoms with van der Waals surface area (Å²) in [4.78, 5) is 0. The Morgan fingerprint density at radius 3 is 2.75 bits per heavy atom. The summed E-state index contributed by atoms with van der Waals surface area (Å²) in [6, 6.07) is 8.88. The second-order valence-electron chi connectivity index (χ2n) is 5.25. The maximum atomic E-state index is 6.15. The van der Waals surface area contributed by atoms with Gasteiger partial charge in [0.05, 0.1) is 0 Å². The van der Waals surface area contributed by atoms with E-state index in [9.17, 15) is 0 Å². The summed E-state index contributed by atoms with van der Waals surface area (Å²) in [6.07, 6.45) is 5.75. The predicted molar refractivity (Wildman–Crippen MR) is 67.5 cm³/mol. The largest absolute Gasteiger partial charge is 0.310 e. The molecule has 2 bridgehead atoms. The second-order valence-corrected chi connectivity index (χ2v) is 5.66. The fourth-order valence-corrected chi connectivity index (χ4v) is 3.58. The van der Waals surface area contributed by atoms with Crippen molar-refractivity contribution in [3.05, 3.63) is 34.9 Å². The minimum atomic E-state index is 0.745. The predicted octanol–water partition coefficient (Wildman–Crippen LogP) is 3.62. The van der Waals surface area contributed by atoms with Gasteiger partial charge in [-0.2, -0.15) is 0 Å². The summed E-state index contributed by atoms with van der Waals surface area (Å²) in [7, 11) is 0. The molecule has 2 saturated carbocycles. The number of nitrogens with one attached hydrogen (secondary N) is 1. The van der Waals surface area contributed by atoms with Crippen LogP contribution in [0.3, 0.4) is 0 Å². The zero-order valence-electron chi connectivity index (χ0n) is 9.45. The van der Waals surface area contributed by atoms with Gasteiger partial charge in [0.2, 0.25) is 0 Å². The van der Waals surface area contributed by atoms with Crippen molar-refractivity contribution >= 4 is 11.6 Å². The molecule has 0 saturated heterocycles. The number of fused-ring (bicyclic) bond motifs is 2. The van der Waals surface area contributed by atoms with Crippen molar-refractivity contribution in [3.8, 4) is 0 Å². The first kappa shape index (κ1) is 10.6. The Balaban J connectivity index is 1.59. The van der Waals surface area contributed by atoms with Gasteiger partial charge in [0.25, 0.3) is 0 Å². The van der Waals surface area contributed by atoms with Crippen LogP contribution < -0.4 is 5.32 Å². The molecule has 0 amide bonds. The van der Waals surface area contributed by atoms with Gasteiger partial charge in [0.15, 0.2) is 0 Å². The minimum Gasteiger partial charge on any atom is -0.310 e. The number of rotatable bonds is 3. The Morgan fingerprint density at radius 1 is 1.19 bits per heavy atom. The van der Waals surface area contributed by atoms with Crippen LogP contribution in [-0.4, -0.2) is 6.04 Å². The van der Waals surface area contributed by atoms with Gasteiger partial charge in [-0.05, 0) is 42.7 Å². The zero-order chi connectivity index (χ0) is 11.0. The van der Waals surface area contributed by atoms with Crippen LogP contribution in [-0.2, 0) is 6.54 Å². The van der Waals surface area contributed by atoms with Gasteiger partial charge in [-0.15, -0.1) is 0 Å². The Morgan fingerprint density at radius 2 is 2.06 bits per heavy atom. The molecule has 2 aliphatic carbocycles. The molecule has 2 heteroatoms. The summed E-state index contributed by atoms with van der Waals surface area (Å²) in [6.45, 7) is 0.924. The molecule has 16 heavy (non-hydrogen) atoms. The highest BCUT2D eigenvalue weighted by molar-refractivity contribution is 6.31. The van der Waals surface area contributed by atoms with Crippen molar-refractivity contribution in [2.75, 3.05) is 0 Å². The molecule has 1 aromatic carbocycles. The summed E-state index contributed by atoms with van der Waals surface area (Å²) in [5, 5.41) is 4.57. The molecule has 1 N–H and O–H groups in total. The van der Waals surface area contributed by atoms with Gasteiger partial charge in [-0.1, -0.05) is 36.2 Å². The summed E-state index contributed by atoms with van der Waals surface area (Å²) in [5.74, 6) is 1.95. The van der Waals surface area contributed by atoms with E-state index in [0.29, 0.717) is 0 Å². The van der Waals surface area contributed by atoms with E-state index in [1.807, 2.05) is 12.1 Å². The molecule has 2 aliphatic rings. The lowest BCUT2D eigenvalue weighted by molar-refractivity contribution is 0.351. The SMILES string of the molecule is Clc1ccccc1CNC1CC2CCC1C2. The topological polar surface area (TPSA) is 12.0 Å². The monoisotopic (exact) mass is 235 g/mol. The Labute approximate surface area is 102 Å². The van der Waals surface area contributed by atoms with Crippen molar-refractivity contribution < 1.29 is 0 Å². The Bertz CT molecular complexity index is 377. The van der Waals surface area contributed by atoms with Crippen LogP contribution in [0, 0.1) is 11.8 Å². The van der Waals surface area contributed by atoms with Crippen molar-refractivity contribution in [1.29, 1.82) is 0 Å². The molecule has 3 unspecified atom stereocenters. The van der Waals surface area contributed by atoms with Gasteiger partial charge in [0.1, 0.15) is 0 Å². The first-order chi connectivity index (χ1) is 7.83. The number of hydrogen-bond acceptors (Lipinski definition) is 1. The molecule has 0 aliphatic heterocycles. The van der Waals surface area contributed by atoms with Gasteiger partial charge in [-0.3, -0.25) is 0 Å². The Kier molecular flexibility index (Phi) is 2.91. The zero-order valence-corrected chi connectivity index (χ0v) is 10.2. The van der Waals surface area contributed by atoms with Crippen molar-refractivity contribution in [3.63, 3.8) is 0 Å². The van der Waals surface area contributed by atoms with E-state index in [4.69, 9.17) is 11.6 Å². The number of halogens is 1. The third-order valence-corrected chi connectivity index (χ3v) is 4.62. The quantitative estimate of drug-likeness (QED) is 0.844. The van der Waals surface area contributed by atoms with Crippen LogP contribution in [0.5, 0.6) is 0 Å². The van der Waals surface area contributed by atoms with Crippen LogP contribution in [0.4, 0.5) is 0 Å². The molecular weight excluding hydrogens is 218 g/mol. The molecule has 0 radical (unpaired) electrons. The summed E-state index contributed by atoms with van der Waals surface area (Å²) >= 11 is 6.15. The lowest BCUT2D eigenvalue weighted by atomic mass is 9.95. The van der Waals surface area contributed by atoms with E-state index >= 15 is 0 Å². The van der Waals surface area contributed by atoms with E-state index in [1.54, 1.807) is 0 Å². The van der Waals surface area contributed by atoms with E-state index in [1.165, 1.54) is 31.2 Å². The first-order valence-corrected chi connectivity index (χ1v) is 6.67. The van der Waals surface area contributed by atoms with Crippen molar-refractivity contribution in [2.24, 2.45) is 11.8 Å². The molecular formula is C14H18ClN. The highest BCUT2D eigenvalue weighted by atomic mass is 35.5. The summed E-state index contributed by atoms with van der Waals surface area (Å²) < 4.78 is 0. The second kappa shape index (κ2) is 4.38. The third-order valence-electron chi connectivity index (χ3n) is 4.25. The average molecular weight is 236 g/mol. The maximum Gasteiger partial charge on any atom is 0.0450 e. The van der Waals surface area contributed by atoms with Gasteiger partial charge in [-0.25, -0.2) is 0 Å². The molecule has 0 heterocycles. The molecule has 0 aromatic heterocycles. The third kappa shape index (κ3) is 1.99. The molecule has 0 spiro atoms. The molecule has 2 fully saturated rings. The van der Waals surface area contributed by atoms with Crippen LogP contribution in [0.25, 0.3) is 0 Å². The summed E-state index contributed by atoms with van der Waals surface area (Å²) in [5.41, 5.74) is 1.23. The maximum absolute atomic E-state index is 6.15. The van der Waals surface area contributed by atoms with E-state index < -0.39 is 0 Å². The van der Waals surface area contributed by atoms with Crippen LogP contribution in [0.1, 0.15) is 31.2 Å². The molecule has 86 valence electrons. The lowest BCUT2D eigenvalue weighted by Gasteiger charge is -2.23. The Hall–Kier alpha value is -0.530. The molecule has 1 aromatic rings. The van der Waals surface area contributed by atoms with Crippen LogP contribution in [0.2, 0.25) is 5.02 Å². The lowest BCUT2D eigenvalue weighted by Crippen LogP contribution is -2.33. The fourth-order valence-electron chi connectivity index (χ4n) is 3.38. The van der Waals surface area contributed by atoms with Crippen LogP contribution >= 0.6 is 11.6 Å². The minimum absolute atomic E-state index is 0.745. The fraction of sp³-hybridized carbons (Fsp3) is 0.571. The number of benzene rings is 1. The van der Waals surface area contributed by atoms with E-state index in [0.717, 1.165) is 29.4 Å². The van der Waals surface area contributed by atoms with Crippen molar-refractivity contribution in [1.82, 2.24) is 5.32 Å². The smallest absolute Gasteiger partial charge is 0.0450 e. The molecule has 3 atom stereocenters. The normalized spacial score (nSPS) is 32.2. The first-order valence-electron chi connectivity index (χ1n) is 6.29. The van der Waals surface area contributed by atoms with E-state index in [-0.39, 0.29) is 0 Å². The van der Waals surface area contributed by atoms with Crippen LogP contribution in [0.15, 0.2) is 24.3 Å². The van der Waals surface area contributed by atoms with Gasteiger partial charge < -0.3 is 5.32 Å². The van der Waals surface area contributed by atoms with Crippen molar-refractivity contribution in [2.45, 2.75) is 38.3 Å². The molecule has 1 nitrogen and oxygen atoms in total. The van der Waals surface area contributed by atoms with E-state index in [2.05, 4.69) is 17.4 Å². The average Bonchev–Trinajstić information content (AvgIpc) is 2.90.